The molecular weight excluding hydrogens is 278 g/mol. The Kier molecular flexibility index (Phi) is 3.79. The summed E-state index contributed by atoms with van der Waals surface area (Å²) in [5, 5.41) is 11.6. The molecule has 0 spiro atoms. The van der Waals surface area contributed by atoms with E-state index >= 15 is 0 Å². The zero-order chi connectivity index (χ0) is 15.7. The number of likely N-dealkylation sites (tertiary alicyclic amines) is 1. The Morgan fingerprint density at radius 2 is 2.00 bits per heavy atom. The van der Waals surface area contributed by atoms with Gasteiger partial charge in [0.15, 0.2) is 0 Å². The molecule has 4 heteroatoms. The van der Waals surface area contributed by atoms with Gasteiger partial charge in [-0.3, -0.25) is 9.69 Å². The van der Waals surface area contributed by atoms with Crippen LogP contribution in [0.15, 0.2) is 36.4 Å². The Balaban J connectivity index is 1.76. The predicted molar refractivity (Wildman–Crippen MR) is 86.1 cm³/mol. The lowest BCUT2D eigenvalue weighted by Gasteiger charge is -2.20. The number of carboxylic acids is 1. The van der Waals surface area contributed by atoms with E-state index in [1.54, 1.807) is 7.11 Å². The Labute approximate surface area is 130 Å². The van der Waals surface area contributed by atoms with Crippen molar-refractivity contribution in [2.75, 3.05) is 20.2 Å². The van der Waals surface area contributed by atoms with Gasteiger partial charge in [-0.15, -0.1) is 0 Å². The Morgan fingerprint density at radius 3 is 2.68 bits per heavy atom. The van der Waals surface area contributed by atoms with Crippen LogP contribution in [0.2, 0.25) is 0 Å². The van der Waals surface area contributed by atoms with Crippen molar-refractivity contribution in [2.45, 2.75) is 19.9 Å². The van der Waals surface area contributed by atoms with Crippen molar-refractivity contribution in [1.82, 2.24) is 4.90 Å². The van der Waals surface area contributed by atoms with Crippen LogP contribution in [-0.2, 0) is 11.3 Å². The topological polar surface area (TPSA) is 49.8 Å². The predicted octanol–water partition coefficient (Wildman–Crippen LogP) is 3.15. The minimum atomic E-state index is -0.694. The van der Waals surface area contributed by atoms with Crippen molar-refractivity contribution in [1.29, 1.82) is 0 Å². The normalized spacial score (nSPS) is 22.1. The van der Waals surface area contributed by atoms with Gasteiger partial charge in [0.25, 0.3) is 0 Å². The van der Waals surface area contributed by atoms with Crippen LogP contribution in [0, 0.1) is 5.41 Å². The standard InChI is InChI=1S/C18H21NO3/c1-18(17(20)21)7-8-19(12-18)11-13-3-4-15-10-16(22-2)6-5-14(15)9-13/h3-6,9-10H,7-8,11-12H2,1-2H3,(H,20,21). The molecule has 1 atom stereocenters. The zero-order valence-corrected chi connectivity index (χ0v) is 13.0. The highest BCUT2D eigenvalue weighted by Crippen LogP contribution is 2.31. The molecule has 1 unspecified atom stereocenters. The monoisotopic (exact) mass is 299 g/mol. The van der Waals surface area contributed by atoms with E-state index in [1.165, 1.54) is 10.9 Å². The largest absolute Gasteiger partial charge is 0.497 e. The molecule has 22 heavy (non-hydrogen) atoms. The Bertz CT molecular complexity index is 713. The summed E-state index contributed by atoms with van der Waals surface area (Å²) in [6.45, 7) is 4.08. The minimum absolute atomic E-state index is 0.607. The number of ether oxygens (including phenoxy) is 1. The molecule has 0 radical (unpaired) electrons. The molecule has 4 nitrogen and oxygen atoms in total. The van der Waals surface area contributed by atoms with Crippen LogP contribution < -0.4 is 4.74 Å². The van der Waals surface area contributed by atoms with Crippen LogP contribution in [0.1, 0.15) is 18.9 Å². The molecule has 0 aromatic heterocycles. The number of carboxylic acid groups (broad SMARTS) is 1. The van der Waals surface area contributed by atoms with Crippen LogP contribution in [0.4, 0.5) is 0 Å². The first kappa shape index (κ1) is 14.9. The number of hydrogen-bond acceptors (Lipinski definition) is 3. The number of methoxy groups -OCH3 is 1. The van der Waals surface area contributed by atoms with E-state index < -0.39 is 11.4 Å². The SMILES string of the molecule is COc1ccc2cc(CN3CCC(C)(C(=O)O)C3)ccc2c1. The summed E-state index contributed by atoms with van der Waals surface area (Å²) in [6, 6.07) is 12.4. The van der Waals surface area contributed by atoms with E-state index in [-0.39, 0.29) is 0 Å². The second kappa shape index (κ2) is 5.61. The third-order valence-corrected chi connectivity index (χ3v) is 4.59. The van der Waals surface area contributed by atoms with E-state index in [0.29, 0.717) is 13.0 Å². The molecular formula is C18H21NO3. The van der Waals surface area contributed by atoms with Crippen molar-refractivity contribution >= 4 is 16.7 Å². The van der Waals surface area contributed by atoms with Gasteiger partial charge >= 0.3 is 5.97 Å². The quantitative estimate of drug-likeness (QED) is 0.942. The number of hydrogen-bond donors (Lipinski definition) is 1. The van der Waals surface area contributed by atoms with E-state index in [4.69, 9.17) is 4.74 Å². The van der Waals surface area contributed by atoms with E-state index in [2.05, 4.69) is 29.2 Å². The second-order valence-electron chi connectivity index (χ2n) is 6.37. The fraction of sp³-hybridized carbons (Fsp3) is 0.389. The molecule has 1 heterocycles. The molecule has 1 aliphatic heterocycles. The number of rotatable bonds is 4. The van der Waals surface area contributed by atoms with Gasteiger partial charge in [-0.2, -0.15) is 0 Å². The van der Waals surface area contributed by atoms with Gasteiger partial charge in [0.2, 0.25) is 0 Å². The summed E-state index contributed by atoms with van der Waals surface area (Å²) >= 11 is 0. The number of benzene rings is 2. The van der Waals surface area contributed by atoms with Gasteiger partial charge in [0.05, 0.1) is 12.5 Å². The number of aliphatic carboxylic acids is 1. The number of fused-ring (bicyclic) bond motifs is 1. The molecule has 1 fully saturated rings. The van der Waals surface area contributed by atoms with Gasteiger partial charge in [-0.1, -0.05) is 18.2 Å². The van der Waals surface area contributed by atoms with Crippen LogP contribution in [0.3, 0.4) is 0 Å². The van der Waals surface area contributed by atoms with Crippen LogP contribution in [0.5, 0.6) is 5.75 Å². The molecule has 1 saturated heterocycles. The lowest BCUT2D eigenvalue weighted by molar-refractivity contribution is -0.147. The molecule has 1 aliphatic rings. The Hall–Kier alpha value is -2.07. The summed E-state index contributed by atoms with van der Waals surface area (Å²) in [4.78, 5) is 13.5. The van der Waals surface area contributed by atoms with Crippen molar-refractivity contribution in [3.8, 4) is 5.75 Å². The minimum Gasteiger partial charge on any atom is -0.497 e. The summed E-state index contributed by atoms with van der Waals surface area (Å²) < 4.78 is 5.24. The maximum atomic E-state index is 11.3. The van der Waals surface area contributed by atoms with Crippen molar-refractivity contribution < 1.29 is 14.6 Å². The third-order valence-electron chi connectivity index (χ3n) is 4.59. The van der Waals surface area contributed by atoms with Gasteiger partial charge in [0.1, 0.15) is 5.75 Å². The first-order valence-corrected chi connectivity index (χ1v) is 7.53. The molecule has 3 rings (SSSR count). The van der Waals surface area contributed by atoms with Crippen molar-refractivity contribution in [3.63, 3.8) is 0 Å². The van der Waals surface area contributed by atoms with Gasteiger partial charge < -0.3 is 9.84 Å². The molecule has 0 saturated carbocycles. The number of nitrogens with zero attached hydrogens (tertiary/aromatic N) is 1. The van der Waals surface area contributed by atoms with E-state index in [9.17, 15) is 9.90 Å². The lowest BCUT2D eigenvalue weighted by Crippen LogP contribution is -2.31. The summed E-state index contributed by atoms with van der Waals surface area (Å²) in [5.74, 6) is 0.164. The van der Waals surface area contributed by atoms with Crippen LogP contribution >= 0.6 is 0 Å². The third kappa shape index (κ3) is 2.79. The first-order valence-electron chi connectivity index (χ1n) is 7.53. The summed E-state index contributed by atoms with van der Waals surface area (Å²) in [6.07, 6.45) is 0.715. The van der Waals surface area contributed by atoms with Crippen molar-refractivity contribution in [2.24, 2.45) is 5.41 Å². The average molecular weight is 299 g/mol. The molecule has 2 aromatic rings. The van der Waals surface area contributed by atoms with Gasteiger partial charge in [-0.25, -0.2) is 0 Å². The van der Waals surface area contributed by atoms with Crippen molar-refractivity contribution in [3.05, 3.63) is 42.0 Å². The molecule has 1 N–H and O–H groups in total. The highest BCUT2D eigenvalue weighted by atomic mass is 16.5. The molecule has 0 aliphatic carbocycles. The lowest BCUT2D eigenvalue weighted by atomic mass is 9.90. The first-order chi connectivity index (χ1) is 10.5. The summed E-state index contributed by atoms with van der Waals surface area (Å²) in [7, 11) is 1.67. The average Bonchev–Trinajstić information content (AvgIpc) is 2.89. The van der Waals surface area contributed by atoms with Crippen LogP contribution in [-0.4, -0.2) is 36.2 Å². The maximum absolute atomic E-state index is 11.3. The van der Waals surface area contributed by atoms with E-state index in [1.807, 2.05) is 19.1 Å². The smallest absolute Gasteiger partial charge is 0.310 e. The second-order valence-corrected chi connectivity index (χ2v) is 6.37. The van der Waals surface area contributed by atoms with E-state index in [0.717, 1.165) is 24.2 Å². The fourth-order valence-electron chi connectivity index (χ4n) is 3.12. The summed E-state index contributed by atoms with van der Waals surface area (Å²) in [5.41, 5.74) is 0.608. The number of carbonyl (C=O) groups is 1. The highest BCUT2D eigenvalue weighted by molar-refractivity contribution is 5.84. The molecule has 2 aromatic carbocycles. The Morgan fingerprint density at radius 1 is 1.27 bits per heavy atom. The van der Waals surface area contributed by atoms with Crippen LogP contribution in [0.25, 0.3) is 10.8 Å². The van der Waals surface area contributed by atoms with Gasteiger partial charge in [-0.05, 0) is 54.4 Å². The fourth-order valence-corrected chi connectivity index (χ4v) is 3.12. The molecule has 0 amide bonds. The zero-order valence-electron chi connectivity index (χ0n) is 13.0. The van der Waals surface area contributed by atoms with Gasteiger partial charge in [0, 0.05) is 13.1 Å². The highest BCUT2D eigenvalue weighted by Gasteiger charge is 2.40. The maximum Gasteiger partial charge on any atom is 0.310 e. The molecule has 0 bridgehead atoms. The molecule has 116 valence electrons.